The summed E-state index contributed by atoms with van der Waals surface area (Å²) in [6, 6.07) is 0. The van der Waals surface area contributed by atoms with Crippen LogP contribution in [0.2, 0.25) is 0 Å². The van der Waals surface area contributed by atoms with E-state index in [0.717, 1.165) is 6.08 Å². The minimum atomic E-state index is -0.637. The molecule has 1 aliphatic rings. The molecular weight excluding hydrogens is 252 g/mol. The highest BCUT2D eigenvalue weighted by atomic mass is 16.7. The van der Waals surface area contributed by atoms with Gasteiger partial charge in [0.2, 0.25) is 6.79 Å². The maximum Gasteiger partial charge on any atom is 0.333 e. The van der Waals surface area contributed by atoms with Crippen molar-refractivity contribution >= 4 is 17.9 Å². The molecule has 1 rings (SSSR count). The SMILES string of the molecule is C=CC(=O)OCOC(=O)[C@H]1CC[C@H](C(=O)OC)CC1. The largest absolute Gasteiger partial charge is 0.469 e. The highest BCUT2D eigenvalue weighted by Gasteiger charge is 2.31. The molecule has 0 radical (unpaired) electrons. The molecule has 0 aromatic heterocycles. The molecule has 0 heterocycles. The average Bonchev–Trinajstić information content (AvgIpc) is 2.46. The van der Waals surface area contributed by atoms with Gasteiger partial charge in [0.25, 0.3) is 0 Å². The van der Waals surface area contributed by atoms with E-state index in [9.17, 15) is 14.4 Å². The lowest BCUT2D eigenvalue weighted by atomic mass is 9.82. The van der Waals surface area contributed by atoms with Crippen LogP contribution in [-0.4, -0.2) is 31.8 Å². The lowest BCUT2D eigenvalue weighted by molar-refractivity contribution is -0.169. The second-order valence-corrected chi connectivity index (χ2v) is 4.32. The van der Waals surface area contributed by atoms with Crippen LogP contribution in [0, 0.1) is 11.8 Å². The molecule has 1 saturated carbocycles. The first-order valence-corrected chi connectivity index (χ1v) is 6.12. The van der Waals surface area contributed by atoms with Gasteiger partial charge in [-0.05, 0) is 25.7 Å². The molecule has 6 heteroatoms. The van der Waals surface area contributed by atoms with Crippen molar-refractivity contribution in [2.45, 2.75) is 25.7 Å². The monoisotopic (exact) mass is 270 g/mol. The van der Waals surface area contributed by atoms with Crippen molar-refractivity contribution in [3.05, 3.63) is 12.7 Å². The summed E-state index contributed by atoms with van der Waals surface area (Å²) in [5.74, 6) is -1.65. The number of ether oxygens (including phenoxy) is 3. The molecule has 0 unspecified atom stereocenters. The summed E-state index contributed by atoms with van der Waals surface area (Å²) in [4.78, 5) is 33.7. The minimum Gasteiger partial charge on any atom is -0.469 e. The van der Waals surface area contributed by atoms with Gasteiger partial charge in [-0.1, -0.05) is 6.58 Å². The third kappa shape index (κ3) is 4.73. The Bertz CT molecular complexity index is 354. The number of hydrogen-bond donors (Lipinski definition) is 0. The van der Waals surface area contributed by atoms with Crippen molar-refractivity contribution in [1.82, 2.24) is 0 Å². The molecule has 0 amide bonds. The van der Waals surface area contributed by atoms with Crippen LogP contribution in [0.5, 0.6) is 0 Å². The van der Waals surface area contributed by atoms with Crippen LogP contribution in [0.1, 0.15) is 25.7 Å². The van der Waals surface area contributed by atoms with E-state index < -0.39 is 18.7 Å². The summed E-state index contributed by atoms with van der Waals surface area (Å²) in [5, 5.41) is 0. The molecular formula is C13H18O6. The molecule has 0 saturated heterocycles. The fourth-order valence-corrected chi connectivity index (χ4v) is 2.05. The molecule has 0 atom stereocenters. The molecule has 1 aliphatic carbocycles. The second kappa shape index (κ2) is 7.56. The average molecular weight is 270 g/mol. The second-order valence-electron chi connectivity index (χ2n) is 4.32. The first kappa shape index (κ1) is 15.2. The van der Waals surface area contributed by atoms with E-state index in [1.54, 1.807) is 0 Å². The lowest BCUT2D eigenvalue weighted by Crippen LogP contribution is -2.28. The van der Waals surface area contributed by atoms with Crippen molar-refractivity contribution in [3.8, 4) is 0 Å². The first-order valence-electron chi connectivity index (χ1n) is 6.12. The predicted molar refractivity (Wildman–Crippen MR) is 64.7 cm³/mol. The standard InChI is InChI=1S/C13H18O6/c1-3-11(14)18-8-19-13(16)10-6-4-9(5-7-10)12(15)17-2/h3,9-10H,1,4-8H2,2H3/t9-,10-. The zero-order valence-electron chi connectivity index (χ0n) is 10.9. The highest BCUT2D eigenvalue weighted by molar-refractivity contribution is 5.81. The van der Waals surface area contributed by atoms with Gasteiger partial charge in [-0.3, -0.25) is 9.59 Å². The molecule has 0 aromatic rings. The highest BCUT2D eigenvalue weighted by Crippen LogP contribution is 2.30. The van der Waals surface area contributed by atoms with E-state index in [0.29, 0.717) is 25.7 Å². The van der Waals surface area contributed by atoms with E-state index in [4.69, 9.17) is 4.74 Å². The summed E-state index contributed by atoms with van der Waals surface area (Å²) < 4.78 is 14.1. The van der Waals surface area contributed by atoms with Gasteiger partial charge in [0.05, 0.1) is 18.9 Å². The van der Waals surface area contributed by atoms with Gasteiger partial charge in [0.15, 0.2) is 0 Å². The van der Waals surface area contributed by atoms with E-state index in [2.05, 4.69) is 16.1 Å². The summed E-state index contributed by atoms with van der Waals surface area (Å²) in [5.41, 5.74) is 0. The summed E-state index contributed by atoms with van der Waals surface area (Å²) in [6.07, 6.45) is 3.37. The number of carbonyl (C=O) groups excluding carboxylic acids is 3. The Labute approximate surface area is 111 Å². The Morgan fingerprint density at radius 1 is 1.05 bits per heavy atom. The molecule has 0 aromatic carbocycles. The Morgan fingerprint density at radius 2 is 1.58 bits per heavy atom. The third-order valence-corrected chi connectivity index (χ3v) is 3.16. The van der Waals surface area contributed by atoms with Crippen molar-refractivity contribution in [2.75, 3.05) is 13.9 Å². The number of rotatable bonds is 5. The van der Waals surface area contributed by atoms with Gasteiger partial charge in [-0.2, -0.15) is 0 Å². The quantitative estimate of drug-likeness (QED) is 0.424. The van der Waals surface area contributed by atoms with Crippen LogP contribution in [0.4, 0.5) is 0 Å². The predicted octanol–water partition coefficient (Wildman–Crippen LogP) is 1.20. The van der Waals surface area contributed by atoms with Crippen LogP contribution < -0.4 is 0 Å². The van der Waals surface area contributed by atoms with Crippen LogP contribution in [0.3, 0.4) is 0 Å². The Morgan fingerprint density at radius 3 is 2.05 bits per heavy atom. The van der Waals surface area contributed by atoms with Gasteiger partial charge in [0.1, 0.15) is 0 Å². The lowest BCUT2D eigenvalue weighted by Gasteiger charge is -2.25. The number of esters is 3. The summed E-state index contributed by atoms with van der Waals surface area (Å²) in [6.45, 7) is 2.82. The van der Waals surface area contributed by atoms with E-state index in [-0.39, 0.29) is 17.8 Å². The molecule has 0 bridgehead atoms. The first-order chi connectivity index (χ1) is 9.08. The van der Waals surface area contributed by atoms with Gasteiger partial charge in [0, 0.05) is 6.08 Å². The van der Waals surface area contributed by atoms with Crippen LogP contribution in [-0.2, 0) is 28.6 Å². The number of hydrogen-bond acceptors (Lipinski definition) is 6. The molecule has 0 aliphatic heterocycles. The topological polar surface area (TPSA) is 78.9 Å². The normalized spacial score (nSPS) is 22.2. The molecule has 0 spiro atoms. The van der Waals surface area contributed by atoms with Crippen molar-refractivity contribution < 1.29 is 28.6 Å². The fraction of sp³-hybridized carbons (Fsp3) is 0.615. The Balaban J connectivity index is 2.27. The van der Waals surface area contributed by atoms with Crippen LogP contribution >= 0.6 is 0 Å². The van der Waals surface area contributed by atoms with Crippen molar-refractivity contribution in [3.63, 3.8) is 0 Å². The van der Waals surface area contributed by atoms with Crippen molar-refractivity contribution in [2.24, 2.45) is 11.8 Å². The van der Waals surface area contributed by atoms with Gasteiger partial charge in [-0.15, -0.1) is 0 Å². The molecule has 1 fully saturated rings. The van der Waals surface area contributed by atoms with Gasteiger partial charge >= 0.3 is 17.9 Å². The van der Waals surface area contributed by atoms with Gasteiger partial charge in [-0.25, -0.2) is 4.79 Å². The van der Waals surface area contributed by atoms with E-state index >= 15 is 0 Å². The molecule has 19 heavy (non-hydrogen) atoms. The van der Waals surface area contributed by atoms with Crippen molar-refractivity contribution in [1.29, 1.82) is 0 Å². The summed E-state index contributed by atoms with van der Waals surface area (Å²) in [7, 11) is 1.36. The summed E-state index contributed by atoms with van der Waals surface area (Å²) >= 11 is 0. The maximum atomic E-state index is 11.7. The third-order valence-electron chi connectivity index (χ3n) is 3.16. The molecule has 106 valence electrons. The fourth-order valence-electron chi connectivity index (χ4n) is 2.05. The van der Waals surface area contributed by atoms with Crippen LogP contribution in [0.15, 0.2) is 12.7 Å². The molecule has 6 nitrogen and oxygen atoms in total. The smallest absolute Gasteiger partial charge is 0.333 e. The zero-order valence-corrected chi connectivity index (χ0v) is 10.9. The molecule has 0 N–H and O–H groups in total. The zero-order chi connectivity index (χ0) is 14.3. The Hall–Kier alpha value is -1.85. The van der Waals surface area contributed by atoms with Gasteiger partial charge < -0.3 is 14.2 Å². The van der Waals surface area contributed by atoms with Crippen LogP contribution in [0.25, 0.3) is 0 Å². The number of carbonyl (C=O) groups is 3. The number of methoxy groups -OCH3 is 1. The Kier molecular flexibility index (Phi) is 6.05. The maximum absolute atomic E-state index is 11.7. The van der Waals surface area contributed by atoms with E-state index in [1.165, 1.54) is 7.11 Å². The van der Waals surface area contributed by atoms with E-state index in [1.807, 2.05) is 0 Å². The minimum absolute atomic E-state index is 0.132.